The summed E-state index contributed by atoms with van der Waals surface area (Å²) in [6.45, 7) is 1.95. The summed E-state index contributed by atoms with van der Waals surface area (Å²) in [4.78, 5) is 40.3. The SMILES string of the molecule is N#Cc1ccc(C(=O)N2CC[C@@H]3[C@@H](CCC(=O)N3CCc3cnc[nH]3)C2)cn1. The summed E-state index contributed by atoms with van der Waals surface area (Å²) in [7, 11) is 0. The number of amides is 2. The van der Waals surface area contributed by atoms with Crippen LogP contribution >= 0.6 is 0 Å². The van der Waals surface area contributed by atoms with Crippen LogP contribution in [0.25, 0.3) is 0 Å². The fraction of sp³-hybridized carbons (Fsp3) is 0.450. The third-order valence-electron chi connectivity index (χ3n) is 5.73. The molecule has 0 unspecified atom stereocenters. The van der Waals surface area contributed by atoms with Gasteiger partial charge in [-0.25, -0.2) is 9.97 Å². The molecule has 8 nitrogen and oxygen atoms in total. The van der Waals surface area contributed by atoms with Gasteiger partial charge in [0.25, 0.3) is 5.91 Å². The normalized spacial score (nSPS) is 21.9. The highest BCUT2D eigenvalue weighted by Gasteiger charge is 2.40. The number of carbonyl (C=O) groups is 2. The van der Waals surface area contributed by atoms with E-state index in [1.807, 2.05) is 15.9 Å². The van der Waals surface area contributed by atoms with E-state index in [4.69, 9.17) is 5.26 Å². The molecule has 2 fully saturated rings. The van der Waals surface area contributed by atoms with Crippen molar-refractivity contribution in [1.82, 2.24) is 24.8 Å². The minimum absolute atomic E-state index is 0.0589. The summed E-state index contributed by atoms with van der Waals surface area (Å²) in [5.74, 6) is 0.441. The van der Waals surface area contributed by atoms with Crippen molar-refractivity contribution in [1.29, 1.82) is 5.26 Å². The number of aromatic nitrogens is 3. The van der Waals surface area contributed by atoms with Crippen LogP contribution in [-0.2, 0) is 11.2 Å². The lowest BCUT2D eigenvalue weighted by Gasteiger charge is -2.47. The van der Waals surface area contributed by atoms with Crippen molar-refractivity contribution in [2.24, 2.45) is 5.92 Å². The molecule has 4 rings (SSSR count). The van der Waals surface area contributed by atoms with Crippen molar-refractivity contribution in [2.75, 3.05) is 19.6 Å². The van der Waals surface area contributed by atoms with Crippen molar-refractivity contribution in [3.05, 3.63) is 47.8 Å². The number of rotatable bonds is 4. The Hall–Kier alpha value is -3.21. The van der Waals surface area contributed by atoms with Gasteiger partial charge in [-0.2, -0.15) is 5.26 Å². The van der Waals surface area contributed by atoms with Gasteiger partial charge in [0.05, 0.1) is 11.9 Å². The summed E-state index contributed by atoms with van der Waals surface area (Å²) in [5, 5.41) is 8.85. The highest BCUT2D eigenvalue weighted by molar-refractivity contribution is 5.94. The Morgan fingerprint density at radius 1 is 1.32 bits per heavy atom. The average Bonchev–Trinajstić information content (AvgIpc) is 3.26. The maximum absolute atomic E-state index is 12.8. The lowest BCUT2D eigenvalue weighted by atomic mass is 9.83. The number of carbonyl (C=O) groups excluding carboxylic acids is 2. The smallest absolute Gasteiger partial charge is 0.255 e. The van der Waals surface area contributed by atoms with Gasteiger partial charge in [0.1, 0.15) is 11.8 Å². The van der Waals surface area contributed by atoms with Crippen LogP contribution in [0.15, 0.2) is 30.9 Å². The molecule has 0 saturated carbocycles. The lowest BCUT2D eigenvalue weighted by Crippen LogP contribution is -2.57. The molecule has 8 heteroatoms. The Morgan fingerprint density at radius 2 is 2.21 bits per heavy atom. The van der Waals surface area contributed by atoms with Gasteiger partial charge in [-0.3, -0.25) is 9.59 Å². The van der Waals surface area contributed by atoms with Gasteiger partial charge >= 0.3 is 0 Å². The van der Waals surface area contributed by atoms with Crippen LogP contribution in [-0.4, -0.2) is 62.2 Å². The molecule has 0 bridgehead atoms. The fourth-order valence-corrected chi connectivity index (χ4v) is 4.26. The van der Waals surface area contributed by atoms with E-state index in [-0.39, 0.29) is 17.9 Å². The first-order valence-corrected chi connectivity index (χ1v) is 9.58. The minimum atomic E-state index is -0.0589. The Labute approximate surface area is 163 Å². The molecule has 2 aliphatic heterocycles. The minimum Gasteiger partial charge on any atom is -0.348 e. The van der Waals surface area contributed by atoms with Crippen molar-refractivity contribution in [3.8, 4) is 6.07 Å². The van der Waals surface area contributed by atoms with Gasteiger partial charge in [-0.15, -0.1) is 0 Å². The number of aromatic amines is 1. The van der Waals surface area contributed by atoms with Gasteiger partial charge < -0.3 is 14.8 Å². The summed E-state index contributed by atoms with van der Waals surface area (Å²) in [6.07, 6.45) is 7.80. The molecule has 4 heterocycles. The molecule has 28 heavy (non-hydrogen) atoms. The number of imidazole rings is 1. The average molecular weight is 378 g/mol. The molecule has 2 aromatic heterocycles. The molecule has 2 saturated heterocycles. The number of hydrogen-bond donors (Lipinski definition) is 1. The second-order valence-corrected chi connectivity index (χ2v) is 7.36. The first-order chi connectivity index (χ1) is 13.7. The van der Waals surface area contributed by atoms with Crippen molar-refractivity contribution in [3.63, 3.8) is 0 Å². The maximum atomic E-state index is 12.8. The van der Waals surface area contributed by atoms with E-state index < -0.39 is 0 Å². The summed E-state index contributed by atoms with van der Waals surface area (Å²) >= 11 is 0. The van der Waals surface area contributed by atoms with Gasteiger partial charge in [0.15, 0.2) is 0 Å². The first kappa shape index (κ1) is 18.2. The number of nitrogens with zero attached hydrogens (tertiary/aromatic N) is 5. The predicted octanol–water partition coefficient (Wildman–Crippen LogP) is 1.37. The molecular weight excluding hydrogens is 356 g/mol. The molecule has 1 N–H and O–H groups in total. The van der Waals surface area contributed by atoms with Gasteiger partial charge in [-0.1, -0.05) is 0 Å². The lowest BCUT2D eigenvalue weighted by molar-refractivity contribution is -0.140. The molecule has 0 spiro atoms. The molecule has 2 aliphatic rings. The van der Waals surface area contributed by atoms with Crippen LogP contribution in [0.3, 0.4) is 0 Å². The molecule has 0 aliphatic carbocycles. The monoisotopic (exact) mass is 378 g/mol. The van der Waals surface area contributed by atoms with Gasteiger partial charge in [-0.05, 0) is 30.9 Å². The Kier molecular flexibility index (Phi) is 5.06. The van der Waals surface area contributed by atoms with E-state index in [1.165, 1.54) is 6.20 Å². The number of H-pyrrole nitrogens is 1. The van der Waals surface area contributed by atoms with E-state index in [0.29, 0.717) is 43.2 Å². The maximum Gasteiger partial charge on any atom is 0.255 e. The Bertz CT molecular complexity index is 886. The van der Waals surface area contributed by atoms with Crippen LogP contribution in [0.5, 0.6) is 0 Å². The topological polar surface area (TPSA) is 106 Å². The van der Waals surface area contributed by atoms with Gasteiger partial charge in [0, 0.05) is 56.6 Å². The third-order valence-corrected chi connectivity index (χ3v) is 5.73. The first-order valence-electron chi connectivity index (χ1n) is 9.58. The number of nitriles is 1. The number of nitrogens with one attached hydrogen (secondary N) is 1. The van der Waals surface area contributed by atoms with E-state index in [9.17, 15) is 9.59 Å². The standard InChI is InChI=1S/C20H22N6O2/c21-9-16-3-1-14(10-23-16)20(28)25-7-6-18-15(12-25)2-4-19(27)26(18)8-5-17-11-22-13-24-17/h1,3,10-11,13,15,18H,2,4-8,12H2,(H,22,24)/t15-,18+/m0/s1. The number of hydrogen-bond acceptors (Lipinski definition) is 5. The number of piperidine rings is 2. The van der Waals surface area contributed by atoms with Crippen molar-refractivity contribution < 1.29 is 9.59 Å². The van der Waals surface area contributed by atoms with E-state index in [1.54, 1.807) is 24.7 Å². The van der Waals surface area contributed by atoms with Crippen molar-refractivity contribution in [2.45, 2.75) is 31.7 Å². The number of likely N-dealkylation sites (tertiary alicyclic amines) is 2. The zero-order valence-electron chi connectivity index (χ0n) is 15.5. The number of fused-ring (bicyclic) bond motifs is 1. The third kappa shape index (κ3) is 3.60. The van der Waals surface area contributed by atoms with Crippen LogP contribution in [0.1, 0.15) is 41.0 Å². The summed E-state index contributed by atoms with van der Waals surface area (Å²) in [6, 6.07) is 5.37. The van der Waals surface area contributed by atoms with Crippen LogP contribution in [0.4, 0.5) is 0 Å². The molecular formula is C20H22N6O2. The Morgan fingerprint density at radius 3 is 2.93 bits per heavy atom. The highest BCUT2D eigenvalue weighted by atomic mass is 16.2. The van der Waals surface area contributed by atoms with E-state index >= 15 is 0 Å². The second-order valence-electron chi connectivity index (χ2n) is 7.36. The van der Waals surface area contributed by atoms with E-state index in [0.717, 1.165) is 25.0 Å². The predicted molar refractivity (Wildman–Crippen MR) is 100.0 cm³/mol. The molecule has 2 aromatic rings. The largest absolute Gasteiger partial charge is 0.348 e. The van der Waals surface area contributed by atoms with Crippen LogP contribution in [0, 0.1) is 17.2 Å². The molecule has 0 aromatic carbocycles. The highest BCUT2D eigenvalue weighted by Crippen LogP contribution is 2.32. The van der Waals surface area contributed by atoms with Crippen molar-refractivity contribution >= 4 is 11.8 Å². The van der Waals surface area contributed by atoms with Crippen LogP contribution in [0.2, 0.25) is 0 Å². The molecule has 2 amide bonds. The molecule has 144 valence electrons. The second kappa shape index (κ2) is 7.80. The zero-order chi connectivity index (χ0) is 19.5. The Balaban J connectivity index is 1.41. The van der Waals surface area contributed by atoms with Gasteiger partial charge in [0.2, 0.25) is 5.91 Å². The van der Waals surface area contributed by atoms with Crippen LogP contribution < -0.4 is 0 Å². The molecule has 0 radical (unpaired) electrons. The summed E-state index contributed by atoms with van der Waals surface area (Å²) < 4.78 is 0. The van der Waals surface area contributed by atoms with E-state index in [2.05, 4.69) is 15.0 Å². The zero-order valence-corrected chi connectivity index (χ0v) is 15.5. The number of pyridine rings is 1. The summed E-state index contributed by atoms with van der Waals surface area (Å²) in [5.41, 5.74) is 1.82. The fourth-order valence-electron chi connectivity index (χ4n) is 4.26. The molecule has 2 atom stereocenters. The quantitative estimate of drug-likeness (QED) is 0.865.